The summed E-state index contributed by atoms with van der Waals surface area (Å²) >= 11 is 7.95. The van der Waals surface area contributed by atoms with Gasteiger partial charge < -0.3 is 20.1 Å². The number of pyridine rings is 1. The van der Waals surface area contributed by atoms with E-state index in [-0.39, 0.29) is 22.9 Å². The Hall–Kier alpha value is -2.27. The molecule has 2 atom stereocenters. The molecule has 0 radical (unpaired) electrons. The van der Waals surface area contributed by atoms with Crippen LogP contribution >= 0.6 is 25.3 Å². The quantitative estimate of drug-likeness (QED) is 0.341. The second kappa shape index (κ2) is 10.7. The number of nitrogens with one attached hydrogen (secondary N) is 2. The number of carbonyl (C=O) groups is 4. The number of nitrogens with zero attached hydrogens (tertiary/aromatic N) is 1. The summed E-state index contributed by atoms with van der Waals surface area (Å²) in [6.45, 7) is 0. The Morgan fingerprint density at radius 2 is 1.31 bits per heavy atom. The number of hydrogen-bond acceptors (Lipinski definition) is 9. The van der Waals surface area contributed by atoms with E-state index in [1.165, 1.54) is 32.4 Å². The third-order valence-corrected chi connectivity index (χ3v) is 3.89. The number of amides is 2. The summed E-state index contributed by atoms with van der Waals surface area (Å²) in [7, 11) is 2.38. The van der Waals surface area contributed by atoms with Gasteiger partial charge in [0.2, 0.25) is 0 Å². The second-order valence-corrected chi connectivity index (χ2v) is 5.60. The molecular weight excluding hydrogens is 382 g/mol. The minimum atomic E-state index is -0.956. The fourth-order valence-corrected chi connectivity index (χ4v) is 2.28. The molecule has 0 aliphatic rings. The van der Waals surface area contributed by atoms with Crippen LogP contribution < -0.4 is 10.6 Å². The first-order valence-electron chi connectivity index (χ1n) is 7.34. The molecule has 0 aliphatic heterocycles. The zero-order valence-electron chi connectivity index (χ0n) is 14.1. The molecule has 0 aliphatic carbocycles. The van der Waals surface area contributed by atoms with Crippen molar-refractivity contribution in [3.8, 4) is 0 Å². The van der Waals surface area contributed by atoms with Gasteiger partial charge in [0.1, 0.15) is 23.5 Å². The molecule has 0 bridgehead atoms. The summed E-state index contributed by atoms with van der Waals surface area (Å²) in [5.41, 5.74) is -0.178. The first-order chi connectivity index (χ1) is 12.4. The highest BCUT2D eigenvalue weighted by atomic mass is 32.1. The Morgan fingerprint density at radius 1 is 0.923 bits per heavy atom. The zero-order valence-corrected chi connectivity index (χ0v) is 15.9. The first-order valence-corrected chi connectivity index (χ1v) is 8.60. The summed E-state index contributed by atoms with van der Waals surface area (Å²) in [6, 6.07) is 2.27. The SMILES string of the molecule is COC(=O)C(CS)NC(=O)c1cccc(C(=O)NC(CS)C(=O)OC)n1. The lowest BCUT2D eigenvalue weighted by molar-refractivity contribution is -0.143. The highest BCUT2D eigenvalue weighted by Gasteiger charge is 2.23. The van der Waals surface area contributed by atoms with Gasteiger partial charge in [0.05, 0.1) is 14.2 Å². The van der Waals surface area contributed by atoms with Gasteiger partial charge in [-0.2, -0.15) is 25.3 Å². The standard InChI is InChI=1S/C15H19N3O6S2/c1-23-14(21)10(6-25)17-12(19)8-4-3-5-9(16-8)13(20)18-11(7-26)15(22)24-2/h3-5,10-11,25-26H,6-7H2,1-2H3,(H,17,19)(H,18,20). The maximum absolute atomic E-state index is 12.2. The van der Waals surface area contributed by atoms with Gasteiger partial charge in [0.25, 0.3) is 11.8 Å². The van der Waals surface area contributed by atoms with Crippen LogP contribution in [0.5, 0.6) is 0 Å². The fourth-order valence-electron chi connectivity index (χ4n) is 1.79. The minimum Gasteiger partial charge on any atom is -0.467 e. The van der Waals surface area contributed by atoms with Crippen molar-refractivity contribution in [2.24, 2.45) is 0 Å². The zero-order chi connectivity index (χ0) is 19.7. The van der Waals surface area contributed by atoms with E-state index in [1.807, 2.05) is 0 Å². The minimum absolute atomic E-state index is 0.0291. The summed E-state index contributed by atoms with van der Waals surface area (Å²) in [4.78, 5) is 51.4. The average Bonchev–Trinajstić information content (AvgIpc) is 2.68. The highest BCUT2D eigenvalue weighted by Crippen LogP contribution is 2.03. The molecule has 1 rings (SSSR count). The first kappa shape index (κ1) is 21.8. The number of hydrogen-bond donors (Lipinski definition) is 4. The Morgan fingerprint density at radius 3 is 1.62 bits per heavy atom. The molecule has 2 N–H and O–H groups in total. The predicted molar refractivity (Wildman–Crippen MR) is 98.5 cm³/mol. The van der Waals surface area contributed by atoms with Crippen molar-refractivity contribution in [2.45, 2.75) is 12.1 Å². The van der Waals surface area contributed by atoms with E-state index in [0.717, 1.165) is 0 Å². The van der Waals surface area contributed by atoms with Gasteiger partial charge in [-0.3, -0.25) is 9.59 Å². The maximum atomic E-state index is 12.2. The third-order valence-electron chi connectivity index (χ3n) is 3.16. The normalized spacial score (nSPS) is 12.5. The van der Waals surface area contributed by atoms with Crippen LogP contribution in [0.2, 0.25) is 0 Å². The van der Waals surface area contributed by atoms with E-state index in [0.29, 0.717) is 0 Å². The van der Waals surface area contributed by atoms with E-state index in [4.69, 9.17) is 0 Å². The van der Waals surface area contributed by atoms with Gasteiger partial charge in [-0.15, -0.1) is 0 Å². The van der Waals surface area contributed by atoms with E-state index in [9.17, 15) is 19.2 Å². The van der Waals surface area contributed by atoms with Crippen molar-refractivity contribution in [3.05, 3.63) is 29.6 Å². The van der Waals surface area contributed by atoms with Gasteiger partial charge in [-0.05, 0) is 12.1 Å². The van der Waals surface area contributed by atoms with E-state index in [1.54, 1.807) is 0 Å². The molecule has 11 heteroatoms. The molecule has 2 amide bonds. The van der Waals surface area contributed by atoms with E-state index in [2.05, 4.69) is 50.3 Å². The van der Waals surface area contributed by atoms with Crippen LogP contribution in [0.4, 0.5) is 0 Å². The van der Waals surface area contributed by atoms with Gasteiger partial charge in [-0.1, -0.05) is 6.07 Å². The fraction of sp³-hybridized carbons (Fsp3) is 0.400. The Bertz CT molecular complexity index is 632. The molecule has 0 aromatic carbocycles. The maximum Gasteiger partial charge on any atom is 0.329 e. The molecular formula is C15H19N3O6S2. The number of aromatic nitrogens is 1. The molecule has 0 saturated carbocycles. The van der Waals surface area contributed by atoms with Gasteiger partial charge >= 0.3 is 11.9 Å². The van der Waals surface area contributed by atoms with Gasteiger partial charge in [-0.25, -0.2) is 14.6 Å². The lowest BCUT2D eigenvalue weighted by atomic mass is 10.2. The molecule has 0 fully saturated rings. The number of methoxy groups -OCH3 is 2. The Kier molecular flexibility index (Phi) is 8.93. The van der Waals surface area contributed by atoms with Crippen molar-refractivity contribution in [2.75, 3.05) is 25.7 Å². The molecule has 142 valence electrons. The topological polar surface area (TPSA) is 124 Å². The van der Waals surface area contributed by atoms with Crippen LogP contribution in [0.15, 0.2) is 18.2 Å². The second-order valence-electron chi connectivity index (χ2n) is 4.87. The van der Waals surface area contributed by atoms with Crippen LogP contribution in [0.3, 0.4) is 0 Å². The molecule has 26 heavy (non-hydrogen) atoms. The number of esters is 2. The summed E-state index contributed by atoms with van der Waals surface area (Å²) in [6.07, 6.45) is 0. The largest absolute Gasteiger partial charge is 0.467 e. The molecule has 0 spiro atoms. The summed E-state index contributed by atoms with van der Waals surface area (Å²) < 4.78 is 9.11. The highest BCUT2D eigenvalue weighted by molar-refractivity contribution is 7.80. The lowest BCUT2D eigenvalue weighted by Gasteiger charge is -2.15. The molecule has 1 aromatic heterocycles. The average molecular weight is 401 g/mol. The van der Waals surface area contributed by atoms with Crippen LogP contribution in [0, 0.1) is 0 Å². The molecule has 1 heterocycles. The van der Waals surface area contributed by atoms with Crippen molar-refractivity contribution in [3.63, 3.8) is 0 Å². The lowest BCUT2D eigenvalue weighted by Crippen LogP contribution is -2.44. The number of carbonyl (C=O) groups excluding carboxylic acids is 4. The smallest absolute Gasteiger partial charge is 0.329 e. The number of ether oxygens (including phenoxy) is 2. The monoisotopic (exact) mass is 401 g/mol. The van der Waals surface area contributed by atoms with Crippen molar-refractivity contribution in [1.29, 1.82) is 0 Å². The van der Waals surface area contributed by atoms with Crippen LogP contribution in [0.25, 0.3) is 0 Å². The van der Waals surface area contributed by atoms with Crippen molar-refractivity contribution >= 4 is 49.0 Å². The number of rotatable bonds is 8. The van der Waals surface area contributed by atoms with E-state index < -0.39 is 35.8 Å². The Labute approximate surface area is 161 Å². The molecule has 2 unspecified atom stereocenters. The van der Waals surface area contributed by atoms with E-state index >= 15 is 0 Å². The van der Waals surface area contributed by atoms with Gasteiger partial charge in [0, 0.05) is 11.5 Å². The van der Waals surface area contributed by atoms with Crippen LogP contribution in [0.1, 0.15) is 21.0 Å². The van der Waals surface area contributed by atoms with Gasteiger partial charge in [0.15, 0.2) is 0 Å². The van der Waals surface area contributed by atoms with Crippen LogP contribution in [-0.2, 0) is 19.1 Å². The summed E-state index contributed by atoms with van der Waals surface area (Å²) in [5, 5.41) is 4.82. The molecule has 0 saturated heterocycles. The Balaban J connectivity index is 2.89. The predicted octanol–water partition coefficient (Wildman–Crippen LogP) is -0.516. The molecule has 9 nitrogen and oxygen atoms in total. The number of thiol groups is 2. The molecule has 1 aromatic rings. The third kappa shape index (κ3) is 5.92. The van der Waals surface area contributed by atoms with Crippen LogP contribution in [-0.4, -0.2) is 66.5 Å². The summed E-state index contributed by atoms with van der Waals surface area (Å²) in [5.74, 6) is -2.61. The van der Waals surface area contributed by atoms with Crippen molar-refractivity contribution < 1.29 is 28.7 Å². The van der Waals surface area contributed by atoms with Crippen molar-refractivity contribution in [1.82, 2.24) is 15.6 Å².